The van der Waals surface area contributed by atoms with Crippen LogP contribution in [0.25, 0.3) is 0 Å². The van der Waals surface area contributed by atoms with Crippen molar-refractivity contribution in [3.8, 4) is 0 Å². The summed E-state index contributed by atoms with van der Waals surface area (Å²) in [5.41, 5.74) is 6.43. The van der Waals surface area contributed by atoms with Crippen LogP contribution in [0.2, 0.25) is 0 Å². The standard InChI is InChI=1S/C15H22N2O4S/c1-22(20,21)14-5-3-2-4-10(14)6-7-17-15(19)8-11-12(16)9-13(11)18/h2-5,11-13,18H,6-9,16H2,1H3,(H,17,19)/t11-,12+,13-/m1/s1. The molecule has 0 spiro atoms. The molecule has 0 radical (unpaired) electrons. The Kier molecular flexibility index (Phi) is 5.20. The molecule has 0 aromatic heterocycles. The number of sulfone groups is 1. The Morgan fingerprint density at radius 3 is 2.68 bits per heavy atom. The molecular weight excluding hydrogens is 304 g/mol. The van der Waals surface area contributed by atoms with Gasteiger partial charge < -0.3 is 16.2 Å². The second kappa shape index (κ2) is 6.76. The summed E-state index contributed by atoms with van der Waals surface area (Å²) in [6.07, 6.45) is 1.86. The monoisotopic (exact) mass is 326 g/mol. The van der Waals surface area contributed by atoms with E-state index >= 15 is 0 Å². The van der Waals surface area contributed by atoms with Gasteiger partial charge in [0, 0.05) is 31.2 Å². The highest BCUT2D eigenvalue weighted by molar-refractivity contribution is 7.90. The van der Waals surface area contributed by atoms with Crippen molar-refractivity contribution in [3.05, 3.63) is 29.8 Å². The minimum Gasteiger partial charge on any atom is -0.393 e. The Labute approximate surface area is 130 Å². The van der Waals surface area contributed by atoms with Gasteiger partial charge in [0.1, 0.15) is 0 Å². The number of hydrogen-bond donors (Lipinski definition) is 3. The van der Waals surface area contributed by atoms with Gasteiger partial charge in [0.05, 0.1) is 11.0 Å². The van der Waals surface area contributed by atoms with Crippen LogP contribution in [0.15, 0.2) is 29.2 Å². The van der Waals surface area contributed by atoms with E-state index in [-0.39, 0.29) is 24.3 Å². The molecule has 1 fully saturated rings. The lowest BCUT2D eigenvalue weighted by atomic mass is 9.75. The number of rotatable bonds is 6. The molecule has 4 N–H and O–H groups in total. The SMILES string of the molecule is CS(=O)(=O)c1ccccc1CCNC(=O)C[C@H]1[C@H](O)C[C@@H]1N. The molecule has 6 nitrogen and oxygen atoms in total. The van der Waals surface area contributed by atoms with Crippen molar-refractivity contribution in [1.29, 1.82) is 0 Å². The normalized spacial score (nSPS) is 24.6. The molecule has 0 saturated heterocycles. The van der Waals surface area contributed by atoms with E-state index in [0.29, 0.717) is 29.8 Å². The Bertz CT molecular complexity index is 637. The Hall–Kier alpha value is -1.44. The maximum atomic E-state index is 11.8. The van der Waals surface area contributed by atoms with Crippen LogP contribution in [0.3, 0.4) is 0 Å². The average molecular weight is 326 g/mol. The smallest absolute Gasteiger partial charge is 0.220 e. The number of carbonyl (C=O) groups is 1. The van der Waals surface area contributed by atoms with Crippen LogP contribution in [-0.4, -0.2) is 44.4 Å². The average Bonchev–Trinajstić information content (AvgIpc) is 2.44. The largest absolute Gasteiger partial charge is 0.393 e. The van der Waals surface area contributed by atoms with Gasteiger partial charge in [0.2, 0.25) is 5.91 Å². The lowest BCUT2D eigenvalue weighted by Gasteiger charge is -2.38. The minimum absolute atomic E-state index is 0.119. The van der Waals surface area contributed by atoms with Crippen molar-refractivity contribution in [2.45, 2.75) is 36.3 Å². The zero-order chi connectivity index (χ0) is 16.3. The summed E-state index contributed by atoms with van der Waals surface area (Å²) in [6.45, 7) is 0.351. The van der Waals surface area contributed by atoms with E-state index in [1.54, 1.807) is 24.3 Å². The second-order valence-electron chi connectivity index (χ2n) is 5.81. The molecular formula is C15H22N2O4S. The fourth-order valence-corrected chi connectivity index (χ4v) is 3.67. The molecule has 7 heteroatoms. The molecule has 1 aromatic rings. The van der Waals surface area contributed by atoms with Crippen molar-refractivity contribution in [2.24, 2.45) is 11.7 Å². The summed E-state index contributed by atoms with van der Waals surface area (Å²) in [6, 6.07) is 6.64. The topological polar surface area (TPSA) is 109 Å². The van der Waals surface area contributed by atoms with Crippen LogP contribution in [0.4, 0.5) is 0 Å². The van der Waals surface area contributed by atoms with Gasteiger partial charge in [-0.2, -0.15) is 0 Å². The van der Waals surface area contributed by atoms with E-state index < -0.39 is 15.9 Å². The van der Waals surface area contributed by atoms with Crippen LogP contribution in [0, 0.1) is 5.92 Å². The van der Waals surface area contributed by atoms with Gasteiger partial charge in [-0.25, -0.2) is 8.42 Å². The highest BCUT2D eigenvalue weighted by atomic mass is 32.2. The predicted molar refractivity (Wildman–Crippen MR) is 83.0 cm³/mol. The number of nitrogens with one attached hydrogen (secondary N) is 1. The van der Waals surface area contributed by atoms with Crippen LogP contribution in [-0.2, 0) is 21.1 Å². The van der Waals surface area contributed by atoms with E-state index in [1.807, 2.05) is 0 Å². The fourth-order valence-electron chi connectivity index (χ4n) is 2.70. The summed E-state index contributed by atoms with van der Waals surface area (Å²) in [5, 5.41) is 12.3. The maximum absolute atomic E-state index is 11.8. The Morgan fingerprint density at radius 1 is 1.41 bits per heavy atom. The van der Waals surface area contributed by atoms with Gasteiger partial charge in [-0.15, -0.1) is 0 Å². The highest BCUT2D eigenvalue weighted by Gasteiger charge is 2.38. The second-order valence-corrected chi connectivity index (χ2v) is 7.80. The molecule has 22 heavy (non-hydrogen) atoms. The number of hydrogen-bond acceptors (Lipinski definition) is 5. The molecule has 1 aliphatic rings. The first-order valence-corrected chi connectivity index (χ1v) is 9.16. The van der Waals surface area contributed by atoms with Crippen molar-refractivity contribution in [1.82, 2.24) is 5.32 Å². The van der Waals surface area contributed by atoms with E-state index in [1.165, 1.54) is 6.26 Å². The molecule has 1 aliphatic carbocycles. The van der Waals surface area contributed by atoms with Crippen LogP contribution >= 0.6 is 0 Å². The third-order valence-electron chi connectivity index (χ3n) is 4.07. The van der Waals surface area contributed by atoms with E-state index in [9.17, 15) is 18.3 Å². The van der Waals surface area contributed by atoms with Gasteiger partial charge in [-0.05, 0) is 24.5 Å². The number of benzene rings is 1. The molecule has 1 saturated carbocycles. The first kappa shape index (κ1) is 16.9. The predicted octanol–water partition coefficient (Wildman–Crippen LogP) is -0.153. The summed E-state index contributed by atoms with van der Waals surface area (Å²) in [7, 11) is -3.27. The first-order valence-electron chi connectivity index (χ1n) is 7.27. The van der Waals surface area contributed by atoms with E-state index in [2.05, 4.69) is 5.32 Å². The quantitative estimate of drug-likeness (QED) is 0.673. The third kappa shape index (κ3) is 4.06. The van der Waals surface area contributed by atoms with E-state index in [0.717, 1.165) is 0 Å². The van der Waals surface area contributed by atoms with Gasteiger partial charge in [0.15, 0.2) is 9.84 Å². The summed E-state index contributed by atoms with van der Waals surface area (Å²) < 4.78 is 23.4. The number of amides is 1. The van der Waals surface area contributed by atoms with Crippen LogP contribution in [0.5, 0.6) is 0 Å². The zero-order valence-corrected chi connectivity index (χ0v) is 13.3. The maximum Gasteiger partial charge on any atom is 0.220 e. The fraction of sp³-hybridized carbons (Fsp3) is 0.533. The molecule has 122 valence electrons. The molecule has 0 bridgehead atoms. The Balaban J connectivity index is 1.85. The van der Waals surface area contributed by atoms with Gasteiger partial charge in [0.25, 0.3) is 0 Å². The van der Waals surface area contributed by atoms with Crippen molar-refractivity contribution in [3.63, 3.8) is 0 Å². The highest BCUT2D eigenvalue weighted by Crippen LogP contribution is 2.29. The van der Waals surface area contributed by atoms with Crippen LogP contribution in [0.1, 0.15) is 18.4 Å². The molecule has 1 aromatic carbocycles. The molecule has 1 amide bonds. The summed E-state index contributed by atoms with van der Waals surface area (Å²) >= 11 is 0. The van der Waals surface area contributed by atoms with Gasteiger partial charge >= 0.3 is 0 Å². The lowest BCUT2D eigenvalue weighted by molar-refractivity contribution is -0.125. The molecule has 2 rings (SSSR count). The van der Waals surface area contributed by atoms with Gasteiger partial charge in [-0.1, -0.05) is 18.2 Å². The van der Waals surface area contributed by atoms with Crippen molar-refractivity contribution in [2.75, 3.05) is 12.8 Å². The minimum atomic E-state index is -3.27. The Morgan fingerprint density at radius 2 is 2.09 bits per heavy atom. The molecule has 0 aliphatic heterocycles. The zero-order valence-electron chi connectivity index (χ0n) is 12.5. The van der Waals surface area contributed by atoms with Crippen molar-refractivity contribution < 1.29 is 18.3 Å². The number of aliphatic hydroxyl groups excluding tert-OH is 1. The van der Waals surface area contributed by atoms with Crippen molar-refractivity contribution >= 4 is 15.7 Å². The third-order valence-corrected chi connectivity index (χ3v) is 5.26. The molecule has 0 unspecified atom stereocenters. The summed E-state index contributed by atoms with van der Waals surface area (Å²) in [5.74, 6) is -0.348. The number of aliphatic hydroxyl groups is 1. The lowest BCUT2D eigenvalue weighted by Crippen LogP contribution is -2.52. The first-order chi connectivity index (χ1) is 10.3. The summed E-state index contributed by atoms with van der Waals surface area (Å²) in [4.78, 5) is 12.1. The van der Waals surface area contributed by atoms with E-state index in [4.69, 9.17) is 5.73 Å². The molecule has 0 heterocycles. The number of carbonyl (C=O) groups excluding carboxylic acids is 1. The number of nitrogens with two attached hydrogens (primary N) is 1. The van der Waals surface area contributed by atoms with Crippen LogP contribution < -0.4 is 11.1 Å². The van der Waals surface area contributed by atoms with Gasteiger partial charge in [-0.3, -0.25) is 4.79 Å². The molecule has 3 atom stereocenters.